The minimum absolute atomic E-state index is 0.0754. The fraction of sp³-hybridized carbons (Fsp3) is 0.355. The fourth-order valence-electron chi connectivity index (χ4n) is 4.43. The molecule has 0 heterocycles. The first-order valence-electron chi connectivity index (χ1n) is 11.5. The van der Waals surface area contributed by atoms with Gasteiger partial charge in [0.2, 0.25) is 0 Å². The molecule has 0 aromatic heterocycles. The third-order valence-corrected chi connectivity index (χ3v) is 6.66. The molecule has 0 aliphatic heterocycles. The SMILES string of the molecule is COc1ccc(/C=C/[C](=[Cr])O[C@@H]2C[C@H](C)CC[C@H]2C(C)(C)c2ccccc2)cc1.[C-]#[O+].[C-]#[O+].[C-]#[O+].[C-]#[O+].[C-]#[O+]. The summed E-state index contributed by atoms with van der Waals surface area (Å²) in [5.41, 5.74) is 2.59. The van der Waals surface area contributed by atoms with Crippen LogP contribution in [0.1, 0.15) is 51.2 Å². The molecule has 0 unspecified atom stereocenters. The van der Waals surface area contributed by atoms with Crippen LogP contribution in [0, 0.1) is 45.1 Å². The molecule has 0 saturated heterocycles. The van der Waals surface area contributed by atoms with Crippen LogP contribution in [0.25, 0.3) is 6.08 Å². The van der Waals surface area contributed by atoms with E-state index in [1.807, 2.05) is 30.3 Å². The zero-order valence-corrected chi connectivity index (χ0v) is 23.7. The van der Waals surface area contributed by atoms with Gasteiger partial charge < -0.3 is 0 Å². The summed E-state index contributed by atoms with van der Waals surface area (Å²) in [5.74, 6) is 2.05. The van der Waals surface area contributed by atoms with Gasteiger partial charge in [0, 0.05) is 0 Å². The van der Waals surface area contributed by atoms with E-state index in [0.717, 1.165) is 22.3 Å². The molecule has 1 aliphatic rings. The van der Waals surface area contributed by atoms with Crippen molar-refractivity contribution in [1.82, 2.24) is 0 Å². The minimum atomic E-state index is 0.0754. The van der Waals surface area contributed by atoms with Crippen molar-refractivity contribution in [2.45, 2.75) is 51.6 Å². The molecule has 204 valence electrons. The Morgan fingerprint density at radius 2 is 1.36 bits per heavy atom. The molecule has 8 heteroatoms. The van der Waals surface area contributed by atoms with Crippen molar-refractivity contribution in [3.63, 3.8) is 0 Å². The summed E-state index contributed by atoms with van der Waals surface area (Å²) >= 11 is 3.13. The van der Waals surface area contributed by atoms with E-state index in [-0.39, 0.29) is 11.5 Å². The molecule has 7 nitrogen and oxygen atoms in total. The van der Waals surface area contributed by atoms with Crippen LogP contribution in [0.15, 0.2) is 60.7 Å². The van der Waals surface area contributed by atoms with Crippen LogP contribution >= 0.6 is 0 Å². The van der Waals surface area contributed by atoms with E-state index < -0.39 is 0 Å². The van der Waals surface area contributed by atoms with E-state index in [0.29, 0.717) is 11.8 Å². The number of benzene rings is 2. The fourth-order valence-corrected chi connectivity index (χ4v) is 4.73. The Morgan fingerprint density at radius 3 is 1.85 bits per heavy atom. The molecule has 0 amide bonds. The Bertz CT molecular complexity index is 1010. The third kappa shape index (κ3) is 14.7. The molecule has 0 spiro atoms. The summed E-state index contributed by atoms with van der Waals surface area (Å²) in [5, 5.41) is 0. The maximum atomic E-state index is 7.50. The molecular weight excluding hydrogens is 536 g/mol. The van der Waals surface area contributed by atoms with Gasteiger partial charge in [0.25, 0.3) is 0 Å². The second-order valence-electron chi connectivity index (χ2n) is 8.69. The van der Waals surface area contributed by atoms with E-state index in [1.54, 1.807) is 7.11 Å². The quantitative estimate of drug-likeness (QED) is 0.301. The summed E-state index contributed by atoms with van der Waals surface area (Å²) in [6, 6.07) is 18.9. The van der Waals surface area contributed by atoms with Gasteiger partial charge in [-0.25, -0.2) is 0 Å². The zero-order chi connectivity index (χ0) is 30.9. The number of ether oxygens (including phenoxy) is 2. The second kappa shape index (κ2) is 25.3. The molecule has 0 bridgehead atoms. The number of hydrogen-bond donors (Lipinski definition) is 0. The molecule has 0 radical (unpaired) electrons. The Kier molecular flexibility index (Phi) is 26.3. The summed E-state index contributed by atoms with van der Waals surface area (Å²) < 4.78 is 50.1. The molecule has 1 fully saturated rings. The molecule has 1 aliphatic carbocycles. The first-order chi connectivity index (χ1) is 18.9. The van der Waals surface area contributed by atoms with Crippen molar-refractivity contribution in [3.05, 3.63) is 105 Å². The summed E-state index contributed by atoms with van der Waals surface area (Å²) in [6.07, 6.45) is 7.89. The number of methoxy groups -OCH3 is 1. The Hall–Kier alpha value is -2.96. The van der Waals surface area contributed by atoms with Crippen molar-refractivity contribution in [2.75, 3.05) is 7.11 Å². The second-order valence-corrected chi connectivity index (χ2v) is 9.32. The van der Waals surface area contributed by atoms with Crippen LogP contribution in [0.3, 0.4) is 0 Å². The molecule has 0 N–H and O–H groups in total. The van der Waals surface area contributed by atoms with Crippen molar-refractivity contribution in [1.29, 1.82) is 0 Å². The molecular formula is C31H32CrO7. The average molecular weight is 569 g/mol. The first kappa shape index (κ1) is 40.5. The predicted octanol–water partition coefficient (Wildman–Crippen LogP) is 6.00. The topological polar surface area (TPSA) is 118 Å². The van der Waals surface area contributed by atoms with Crippen LogP contribution in [-0.4, -0.2) is 17.8 Å². The third-order valence-electron chi connectivity index (χ3n) is 6.29. The van der Waals surface area contributed by atoms with Gasteiger partial charge in [-0.15, -0.1) is 0 Å². The van der Waals surface area contributed by atoms with E-state index in [4.69, 9.17) is 32.7 Å². The van der Waals surface area contributed by atoms with Crippen LogP contribution < -0.4 is 4.74 Å². The molecule has 2 aromatic carbocycles. The molecule has 2 aromatic rings. The van der Waals surface area contributed by atoms with Gasteiger partial charge in [0.15, 0.2) is 0 Å². The van der Waals surface area contributed by atoms with Crippen molar-refractivity contribution in [3.8, 4) is 5.75 Å². The molecule has 39 heavy (non-hydrogen) atoms. The van der Waals surface area contributed by atoms with Gasteiger partial charge in [-0.3, -0.25) is 0 Å². The van der Waals surface area contributed by atoms with Gasteiger partial charge >= 0.3 is 241 Å². The van der Waals surface area contributed by atoms with Crippen LogP contribution in [0.5, 0.6) is 5.75 Å². The predicted molar refractivity (Wildman–Crippen MR) is 138 cm³/mol. The van der Waals surface area contributed by atoms with Gasteiger partial charge in [0.05, 0.1) is 0 Å². The van der Waals surface area contributed by atoms with Crippen molar-refractivity contribution >= 4 is 10.6 Å². The maximum absolute atomic E-state index is 7.50. The molecule has 1 saturated carbocycles. The Labute approximate surface area is 240 Å². The zero-order valence-electron chi connectivity index (χ0n) is 22.5. The normalized spacial score (nSPS) is 17.0. The summed E-state index contributed by atoms with van der Waals surface area (Å²) in [6.45, 7) is 29.6. The van der Waals surface area contributed by atoms with Crippen LogP contribution in [0.2, 0.25) is 0 Å². The summed E-state index contributed by atoms with van der Waals surface area (Å²) in [7, 11) is 1.68. The van der Waals surface area contributed by atoms with Gasteiger partial charge in [-0.2, -0.15) is 0 Å². The first-order valence-corrected chi connectivity index (χ1v) is 12.1. The van der Waals surface area contributed by atoms with Crippen molar-refractivity contribution in [2.24, 2.45) is 11.8 Å². The van der Waals surface area contributed by atoms with Crippen LogP contribution in [0.4, 0.5) is 0 Å². The average Bonchev–Trinajstić information content (AvgIpc) is 3.02. The molecule has 3 rings (SSSR count). The van der Waals surface area contributed by atoms with Gasteiger partial charge in [0.1, 0.15) is 0 Å². The van der Waals surface area contributed by atoms with Crippen LogP contribution in [-0.2, 0) is 49.3 Å². The Morgan fingerprint density at radius 1 is 0.846 bits per heavy atom. The van der Waals surface area contributed by atoms with E-state index in [9.17, 15) is 0 Å². The monoisotopic (exact) mass is 568 g/mol. The Balaban J connectivity index is -0.00000116. The molecule has 3 atom stereocenters. The van der Waals surface area contributed by atoms with E-state index >= 15 is 0 Å². The van der Waals surface area contributed by atoms with Crippen molar-refractivity contribution < 1.29 is 48.6 Å². The van der Waals surface area contributed by atoms with Gasteiger partial charge in [-0.1, -0.05) is 0 Å². The van der Waals surface area contributed by atoms with Gasteiger partial charge in [-0.05, 0) is 0 Å². The number of hydrogen-bond acceptors (Lipinski definition) is 2. The van der Waals surface area contributed by atoms with E-state index in [2.05, 4.69) is 106 Å². The number of rotatable bonds is 7. The van der Waals surface area contributed by atoms with E-state index in [1.165, 1.54) is 18.4 Å². The summed E-state index contributed by atoms with van der Waals surface area (Å²) in [4.78, 5) is 0. The standard InChI is InChI=1S/C26H32O2.5CO.Cr/c1-20-12-17-24(26(2,3)22-10-6-5-7-11-22)25(19-20)28-18-8-9-21-13-15-23(27-4)16-14-21;5*1-2;/h5-11,13-16,20,24-25H,12,17,19H2,1-4H3;;;;;;/b9-8+;;;;;;/t20-,24-,25-;;;;;;/m1....../s1.